The molecule has 1 heterocycles. The first-order chi connectivity index (χ1) is 8.24. The maximum absolute atomic E-state index is 5.75. The average molecular weight is 231 g/mol. The Morgan fingerprint density at radius 2 is 2.06 bits per heavy atom. The fraction of sp³-hybridized carbons (Fsp3) is 0.600. The summed E-state index contributed by atoms with van der Waals surface area (Å²) in [6, 6.07) is 7.94. The predicted octanol–water partition coefficient (Wildman–Crippen LogP) is 3.39. The zero-order valence-electron chi connectivity index (χ0n) is 10.7. The van der Waals surface area contributed by atoms with Crippen molar-refractivity contribution in [2.45, 2.75) is 51.1 Å². The SMILES string of the molecule is CC(C)c1ccc2c(c1)C(NC1CC1)CCO2. The van der Waals surface area contributed by atoms with Crippen molar-refractivity contribution < 1.29 is 4.74 Å². The summed E-state index contributed by atoms with van der Waals surface area (Å²) in [5.41, 5.74) is 2.78. The summed E-state index contributed by atoms with van der Waals surface area (Å²) in [6.45, 7) is 5.34. The van der Waals surface area contributed by atoms with E-state index in [1.807, 2.05) is 0 Å². The van der Waals surface area contributed by atoms with E-state index in [0.29, 0.717) is 12.0 Å². The first kappa shape index (κ1) is 11.1. The second kappa shape index (κ2) is 4.34. The first-order valence-electron chi connectivity index (χ1n) is 6.76. The lowest BCUT2D eigenvalue weighted by atomic mass is 9.94. The molecule has 2 aliphatic rings. The van der Waals surface area contributed by atoms with Crippen LogP contribution in [0.4, 0.5) is 0 Å². The molecule has 0 aromatic heterocycles. The van der Waals surface area contributed by atoms with Gasteiger partial charge < -0.3 is 10.1 Å². The van der Waals surface area contributed by atoms with Crippen LogP contribution in [0.5, 0.6) is 5.75 Å². The van der Waals surface area contributed by atoms with E-state index in [1.165, 1.54) is 24.0 Å². The Morgan fingerprint density at radius 3 is 2.76 bits per heavy atom. The van der Waals surface area contributed by atoms with Gasteiger partial charge >= 0.3 is 0 Å². The molecule has 92 valence electrons. The second-order valence-corrected chi connectivity index (χ2v) is 5.58. The van der Waals surface area contributed by atoms with Gasteiger partial charge in [0.25, 0.3) is 0 Å². The van der Waals surface area contributed by atoms with Crippen LogP contribution >= 0.6 is 0 Å². The summed E-state index contributed by atoms with van der Waals surface area (Å²) >= 11 is 0. The third-order valence-electron chi connectivity index (χ3n) is 3.75. The third-order valence-corrected chi connectivity index (χ3v) is 3.75. The van der Waals surface area contributed by atoms with E-state index in [0.717, 1.165) is 24.8 Å². The summed E-state index contributed by atoms with van der Waals surface area (Å²) in [5, 5.41) is 3.74. The van der Waals surface area contributed by atoms with Crippen LogP contribution in [0.25, 0.3) is 0 Å². The molecule has 0 saturated heterocycles. The molecule has 1 aliphatic carbocycles. The molecule has 0 amide bonds. The van der Waals surface area contributed by atoms with Crippen molar-refractivity contribution in [3.63, 3.8) is 0 Å². The highest BCUT2D eigenvalue weighted by Crippen LogP contribution is 2.36. The molecule has 0 spiro atoms. The van der Waals surface area contributed by atoms with Crippen LogP contribution in [-0.2, 0) is 0 Å². The molecular formula is C15H21NO. The van der Waals surface area contributed by atoms with E-state index < -0.39 is 0 Å². The molecule has 1 saturated carbocycles. The van der Waals surface area contributed by atoms with Crippen molar-refractivity contribution in [1.82, 2.24) is 5.32 Å². The molecule has 1 atom stereocenters. The van der Waals surface area contributed by atoms with Crippen LogP contribution in [-0.4, -0.2) is 12.6 Å². The van der Waals surface area contributed by atoms with Gasteiger partial charge in [0.2, 0.25) is 0 Å². The van der Waals surface area contributed by atoms with Crippen molar-refractivity contribution in [3.8, 4) is 5.75 Å². The number of fused-ring (bicyclic) bond motifs is 1. The lowest BCUT2D eigenvalue weighted by Crippen LogP contribution is -2.28. The first-order valence-corrected chi connectivity index (χ1v) is 6.76. The van der Waals surface area contributed by atoms with Gasteiger partial charge in [-0.25, -0.2) is 0 Å². The van der Waals surface area contributed by atoms with Crippen LogP contribution in [0.2, 0.25) is 0 Å². The second-order valence-electron chi connectivity index (χ2n) is 5.58. The maximum atomic E-state index is 5.75. The minimum atomic E-state index is 0.505. The average Bonchev–Trinajstić information content (AvgIpc) is 3.13. The summed E-state index contributed by atoms with van der Waals surface area (Å²) in [6.07, 6.45) is 3.79. The Kier molecular flexibility index (Phi) is 2.83. The highest BCUT2D eigenvalue weighted by molar-refractivity contribution is 5.41. The normalized spacial score (nSPS) is 23.4. The van der Waals surface area contributed by atoms with Crippen molar-refractivity contribution in [1.29, 1.82) is 0 Å². The number of hydrogen-bond donors (Lipinski definition) is 1. The Hall–Kier alpha value is -1.02. The van der Waals surface area contributed by atoms with Crippen LogP contribution in [0, 0.1) is 0 Å². The number of ether oxygens (including phenoxy) is 1. The monoisotopic (exact) mass is 231 g/mol. The van der Waals surface area contributed by atoms with Gasteiger partial charge in [-0.15, -0.1) is 0 Å². The molecule has 3 rings (SSSR count). The molecule has 17 heavy (non-hydrogen) atoms. The van der Waals surface area contributed by atoms with E-state index in [1.54, 1.807) is 0 Å². The van der Waals surface area contributed by atoms with Crippen molar-refractivity contribution in [2.24, 2.45) is 0 Å². The zero-order chi connectivity index (χ0) is 11.8. The molecule has 1 N–H and O–H groups in total. The Morgan fingerprint density at radius 1 is 1.24 bits per heavy atom. The molecule has 0 radical (unpaired) electrons. The van der Waals surface area contributed by atoms with Gasteiger partial charge in [-0.3, -0.25) is 0 Å². The van der Waals surface area contributed by atoms with Crippen molar-refractivity contribution in [3.05, 3.63) is 29.3 Å². The van der Waals surface area contributed by atoms with Crippen molar-refractivity contribution in [2.75, 3.05) is 6.61 Å². The highest BCUT2D eigenvalue weighted by Gasteiger charge is 2.29. The van der Waals surface area contributed by atoms with Gasteiger partial charge in [0.15, 0.2) is 0 Å². The summed E-state index contributed by atoms with van der Waals surface area (Å²) < 4.78 is 5.75. The third kappa shape index (κ3) is 2.32. The van der Waals surface area contributed by atoms with E-state index in [2.05, 4.69) is 37.4 Å². The molecule has 1 aliphatic heterocycles. The maximum Gasteiger partial charge on any atom is 0.124 e. The number of rotatable bonds is 3. The number of hydrogen-bond acceptors (Lipinski definition) is 2. The number of nitrogens with one attached hydrogen (secondary N) is 1. The topological polar surface area (TPSA) is 21.3 Å². The molecule has 0 bridgehead atoms. The molecule has 2 nitrogen and oxygen atoms in total. The van der Waals surface area contributed by atoms with Gasteiger partial charge in [-0.2, -0.15) is 0 Å². The summed E-state index contributed by atoms with van der Waals surface area (Å²) in [7, 11) is 0. The lowest BCUT2D eigenvalue weighted by Gasteiger charge is -2.28. The minimum absolute atomic E-state index is 0.505. The van der Waals surface area contributed by atoms with Gasteiger partial charge in [-0.05, 0) is 30.4 Å². The van der Waals surface area contributed by atoms with Gasteiger partial charge in [-0.1, -0.05) is 26.0 Å². The van der Waals surface area contributed by atoms with Crippen LogP contribution in [0.1, 0.15) is 56.2 Å². The minimum Gasteiger partial charge on any atom is -0.493 e. The Bertz CT molecular complexity index is 409. The van der Waals surface area contributed by atoms with Crippen LogP contribution in [0.15, 0.2) is 18.2 Å². The van der Waals surface area contributed by atoms with Crippen molar-refractivity contribution >= 4 is 0 Å². The van der Waals surface area contributed by atoms with E-state index in [4.69, 9.17) is 4.74 Å². The molecule has 1 fully saturated rings. The van der Waals surface area contributed by atoms with E-state index in [-0.39, 0.29) is 0 Å². The zero-order valence-corrected chi connectivity index (χ0v) is 10.7. The Balaban J connectivity index is 1.89. The quantitative estimate of drug-likeness (QED) is 0.861. The summed E-state index contributed by atoms with van der Waals surface area (Å²) in [5.74, 6) is 1.67. The largest absolute Gasteiger partial charge is 0.493 e. The highest BCUT2D eigenvalue weighted by atomic mass is 16.5. The number of benzene rings is 1. The van der Waals surface area contributed by atoms with E-state index in [9.17, 15) is 0 Å². The smallest absolute Gasteiger partial charge is 0.124 e. The molecular weight excluding hydrogens is 210 g/mol. The molecule has 1 aromatic rings. The van der Waals surface area contributed by atoms with Crippen LogP contribution in [0.3, 0.4) is 0 Å². The molecule has 1 aromatic carbocycles. The van der Waals surface area contributed by atoms with Gasteiger partial charge in [0.1, 0.15) is 5.75 Å². The van der Waals surface area contributed by atoms with Gasteiger partial charge in [0.05, 0.1) is 6.61 Å². The van der Waals surface area contributed by atoms with Crippen LogP contribution < -0.4 is 10.1 Å². The predicted molar refractivity (Wildman–Crippen MR) is 69.5 cm³/mol. The standard InChI is InChI=1S/C15H21NO/c1-10(2)11-3-6-15-13(9-11)14(7-8-17-15)16-12-4-5-12/h3,6,9-10,12,14,16H,4-5,7-8H2,1-2H3. The van der Waals surface area contributed by atoms with E-state index >= 15 is 0 Å². The Labute approximate surface area is 103 Å². The molecule has 2 heteroatoms. The summed E-state index contributed by atoms with van der Waals surface area (Å²) in [4.78, 5) is 0. The molecule has 1 unspecified atom stereocenters. The fourth-order valence-corrected chi connectivity index (χ4v) is 2.48. The fourth-order valence-electron chi connectivity index (χ4n) is 2.48. The lowest BCUT2D eigenvalue weighted by molar-refractivity contribution is 0.252. The van der Waals surface area contributed by atoms with Gasteiger partial charge in [0, 0.05) is 24.1 Å².